The zero-order valence-corrected chi connectivity index (χ0v) is 17.1. The highest BCUT2D eigenvalue weighted by Crippen LogP contribution is 2.23. The van der Waals surface area contributed by atoms with Crippen LogP contribution in [0, 0.1) is 0 Å². The van der Waals surface area contributed by atoms with Crippen LogP contribution in [0.1, 0.15) is 18.4 Å². The normalized spacial score (nSPS) is 11.1. The van der Waals surface area contributed by atoms with E-state index in [0.717, 1.165) is 12.8 Å². The predicted molar refractivity (Wildman–Crippen MR) is 116 cm³/mol. The highest BCUT2D eigenvalue weighted by molar-refractivity contribution is 7.92. The second-order valence-corrected chi connectivity index (χ2v) is 8.69. The average Bonchev–Trinajstić information content (AvgIpc) is 2.75. The van der Waals surface area contributed by atoms with Gasteiger partial charge in [-0.1, -0.05) is 54.6 Å². The minimum Gasteiger partial charge on any atom is -0.326 e. The van der Waals surface area contributed by atoms with Crippen molar-refractivity contribution >= 4 is 27.3 Å². The summed E-state index contributed by atoms with van der Waals surface area (Å²) in [5.41, 5.74) is 2.23. The Labute approximate surface area is 172 Å². The molecule has 0 aliphatic heterocycles. The molecular formula is C23H24N2O3S. The molecule has 0 heterocycles. The van der Waals surface area contributed by atoms with Crippen molar-refractivity contribution in [2.45, 2.75) is 24.2 Å². The maximum absolute atomic E-state index is 12.9. The molecule has 1 amide bonds. The van der Waals surface area contributed by atoms with Crippen LogP contribution in [-0.4, -0.2) is 21.4 Å². The van der Waals surface area contributed by atoms with Gasteiger partial charge in [-0.05, 0) is 48.7 Å². The minimum absolute atomic E-state index is 0.130. The molecule has 3 aromatic rings. The molecule has 6 heteroatoms. The fraction of sp³-hybridized carbons (Fsp3) is 0.174. The van der Waals surface area contributed by atoms with Gasteiger partial charge in [0.2, 0.25) is 5.91 Å². The topological polar surface area (TPSA) is 66.5 Å². The molecule has 0 unspecified atom stereocenters. The lowest BCUT2D eigenvalue weighted by atomic mass is 10.1. The van der Waals surface area contributed by atoms with Crippen molar-refractivity contribution in [2.75, 3.05) is 16.7 Å². The number of carbonyl (C=O) groups excluding carboxylic acids is 1. The van der Waals surface area contributed by atoms with E-state index >= 15 is 0 Å². The molecule has 0 atom stereocenters. The maximum Gasteiger partial charge on any atom is 0.264 e. The molecule has 0 spiro atoms. The standard InChI is InChI=1S/C23H24N2O3S/c1-25(21-14-6-3-7-15-21)29(27,28)22-16-9-13-20(18-22)24-23(26)17-8-12-19-10-4-2-5-11-19/h2-7,9-11,13-16,18H,8,12,17H2,1H3,(H,24,26). The number of para-hydroxylation sites is 1. The number of hydrogen-bond donors (Lipinski definition) is 1. The first-order chi connectivity index (χ1) is 14.0. The molecule has 0 bridgehead atoms. The van der Waals surface area contributed by atoms with E-state index in [1.54, 1.807) is 36.4 Å². The van der Waals surface area contributed by atoms with Gasteiger partial charge in [-0.2, -0.15) is 0 Å². The summed E-state index contributed by atoms with van der Waals surface area (Å²) in [6.07, 6.45) is 1.92. The smallest absolute Gasteiger partial charge is 0.264 e. The first-order valence-electron chi connectivity index (χ1n) is 9.44. The van der Waals surface area contributed by atoms with Crippen LogP contribution in [0.4, 0.5) is 11.4 Å². The largest absolute Gasteiger partial charge is 0.326 e. The summed E-state index contributed by atoms with van der Waals surface area (Å²) in [5.74, 6) is -0.133. The molecular weight excluding hydrogens is 384 g/mol. The summed E-state index contributed by atoms with van der Waals surface area (Å²) in [5, 5.41) is 2.80. The van der Waals surface area contributed by atoms with E-state index in [4.69, 9.17) is 0 Å². The highest BCUT2D eigenvalue weighted by Gasteiger charge is 2.21. The van der Waals surface area contributed by atoms with Gasteiger partial charge in [-0.3, -0.25) is 9.10 Å². The Bertz CT molecular complexity index is 1050. The van der Waals surface area contributed by atoms with Crippen molar-refractivity contribution in [1.82, 2.24) is 0 Å². The third-order valence-electron chi connectivity index (χ3n) is 4.61. The Morgan fingerprint density at radius 2 is 1.55 bits per heavy atom. The van der Waals surface area contributed by atoms with Gasteiger partial charge in [0, 0.05) is 19.2 Å². The lowest BCUT2D eigenvalue weighted by Crippen LogP contribution is -2.26. The monoisotopic (exact) mass is 408 g/mol. The Hall–Kier alpha value is -3.12. The van der Waals surface area contributed by atoms with Crippen LogP contribution in [0.3, 0.4) is 0 Å². The van der Waals surface area contributed by atoms with E-state index in [0.29, 0.717) is 17.8 Å². The van der Waals surface area contributed by atoms with Crippen molar-refractivity contribution in [1.29, 1.82) is 0 Å². The van der Waals surface area contributed by atoms with Gasteiger partial charge >= 0.3 is 0 Å². The number of aryl methyl sites for hydroxylation is 1. The van der Waals surface area contributed by atoms with Crippen molar-refractivity contribution in [3.63, 3.8) is 0 Å². The number of anilines is 2. The quantitative estimate of drug-likeness (QED) is 0.598. The molecule has 29 heavy (non-hydrogen) atoms. The van der Waals surface area contributed by atoms with E-state index in [1.165, 1.54) is 29.0 Å². The van der Waals surface area contributed by atoms with Crippen molar-refractivity contribution < 1.29 is 13.2 Å². The van der Waals surface area contributed by atoms with Gasteiger partial charge in [-0.15, -0.1) is 0 Å². The molecule has 0 saturated carbocycles. The van der Waals surface area contributed by atoms with Crippen LogP contribution in [0.2, 0.25) is 0 Å². The Balaban J connectivity index is 1.63. The number of benzene rings is 3. The van der Waals surface area contributed by atoms with E-state index < -0.39 is 10.0 Å². The number of carbonyl (C=O) groups is 1. The molecule has 5 nitrogen and oxygen atoms in total. The summed E-state index contributed by atoms with van der Waals surface area (Å²) in [4.78, 5) is 12.4. The van der Waals surface area contributed by atoms with E-state index in [2.05, 4.69) is 5.32 Å². The molecule has 0 aliphatic rings. The van der Waals surface area contributed by atoms with E-state index in [9.17, 15) is 13.2 Å². The molecule has 0 fully saturated rings. The minimum atomic E-state index is -3.72. The Morgan fingerprint density at radius 1 is 0.897 bits per heavy atom. The lowest BCUT2D eigenvalue weighted by molar-refractivity contribution is -0.116. The molecule has 0 aliphatic carbocycles. The van der Waals surface area contributed by atoms with E-state index in [-0.39, 0.29) is 10.8 Å². The van der Waals surface area contributed by atoms with Crippen LogP contribution in [0.25, 0.3) is 0 Å². The third-order valence-corrected chi connectivity index (χ3v) is 6.39. The zero-order valence-electron chi connectivity index (χ0n) is 16.3. The average molecular weight is 409 g/mol. The van der Waals surface area contributed by atoms with Gasteiger partial charge in [-0.25, -0.2) is 8.42 Å². The summed E-state index contributed by atoms with van der Waals surface area (Å²) in [7, 11) is -2.21. The molecule has 150 valence electrons. The third kappa shape index (κ3) is 5.45. The van der Waals surface area contributed by atoms with Crippen LogP contribution < -0.4 is 9.62 Å². The zero-order chi connectivity index (χ0) is 20.7. The van der Waals surface area contributed by atoms with Crippen LogP contribution in [0.5, 0.6) is 0 Å². The number of amides is 1. The molecule has 0 aromatic heterocycles. The number of nitrogens with zero attached hydrogens (tertiary/aromatic N) is 1. The van der Waals surface area contributed by atoms with Gasteiger partial charge in [0.05, 0.1) is 10.6 Å². The van der Waals surface area contributed by atoms with Crippen LogP contribution in [0.15, 0.2) is 89.8 Å². The summed E-state index contributed by atoms with van der Waals surface area (Å²) >= 11 is 0. The number of sulfonamides is 1. The summed E-state index contributed by atoms with van der Waals surface area (Å²) in [6.45, 7) is 0. The molecule has 1 N–H and O–H groups in total. The fourth-order valence-corrected chi connectivity index (χ4v) is 4.23. The van der Waals surface area contributed by atoms with Gasteiger partial charge in [0.25, 0.3) is 10.0 Å². The first kappa shape index (κ1) is 20.6. The number of rotatable bonds is 8. The first-order valence-corrected chi connectivity index (χ1v) is 10.9. The predicted octanol–water partition coefficient (Wildman–Crippen LogP) is 4.47. The van der Waals surface area contributed by atoms with Crippen molar-refractivity contribution in [3.05, 3.63) is 90.5 Å². The summed E-state index contributed by atoms with van der Waals surface area (Å²) in [6, 6.07) is 25.2. The van der Waals surface area contributed by atoms with Gasteiger partial charge < -0.3 is 5.32 Å². The highest BCUT2D eigenvalue weighted by atomic mass is 32.2. The SMILES string of the molecule is CN(c1ccccc1)S(=O)(=O)c1cccc(NC(=O)CCCc2ccccc2)c1. The Kier molecular flexibility index (Phi) is 6.67. The maximum atomic E-state index is 12.9. The van der Waals surface area contributed by atoms with E-state index in [1.807, 2.05) is 36.4 Å². The van der Waals surface area contributed by atoms with Gasteiger partial charge in [0.15, 0.2) is 0 Å². The van der Waals surface area contributed by atoms with Gasteiger partial charge in [0.1, 0.15) is 0 Å². The molecule has 3 aromatic carbocycles. The fourth-order valence-electron chi connectivity index (χ4n) is 2.99. The van der Waals surface area contributed by atoms with Crippen molar-refractivity contribution in [3.8, 4) is 0 Å². The number of nitrogens with one attached hydrogen (secondary N) is 1. The second-order valence-electron chi connectivity index (χ2n) is 6.72. The molecule has 0 saturated heterocycles. The van der Waals surface area contributed by atoms with Crippen molar-refractivity contribution in [2.24, 2.45) is 0 Å². The van der Waals surface area contributed by atoms with Crippen LogP contribution in [-0.2, 0) is 21.2 Å². The Morgan fingerprint density at radius 3 is 2.24 bits per heavy atom. The van der Waals surface area contributed by atoms with Crippen LogP contribution >= 0.6 is 0 Å². The molecule has 0 radical (unpaired) electrons. The summed E-state index contributed by atoms with van der Waals surface area (Å²) < 4.78 is 27.1. The lowest BCUT2D eigenvalue weighted by Gasteiger charge is -2.19. The number of hydrogen-bond acceptors (Lipinski definition) is 3. The second kappa shape index (κ2) is 9.39. The molecule has 3 rings (SSSR count).